The number of urea groups is 1. The summed E-state index contributed by atoms with van der Waals surface area (Å²) in [5.41, 5.74) is 0.619. The summed E-state index contributed by atoms with van der Waals surface area (Å²) in [4.78, 5) is 38.4. The Labute approximate surface area is 160 Å². The lowest BCUT2D eigenvalue weighted by Gasteiger charge is -2.32. The molecule has 0 saturated heterocycles. The zero-order valence-electron chi connectivity index (χ0n) is 16.2. The van der Waals surface area contributed by atoms with Crippen molar-refractivity contribution < 1.29 is 19.1 Å². The standard InChI is InChI=1S/C20H29N3O4/c1-14(21-20(26)22-16-10-6-4-7-11-16)19(25)27-15(2)18(24)23(3)17-12-8-5-9-13-17/h4,6-7,10-11,14-15,17H,5,8-9,12-13H2,1-3H3,(H2,21,22,26)/t14-,15+/m1/s1. The number of hydrogen-bond donors (Lipinski definition) is 2. The molecule has 1 aromatic carbocycles. The largest absolute Gasteiger partial charge is 0.451 e. The molecule has 1 fully saturated rings. The summed E-state index contributed by atoms with van der Waals surface area (Å²) in [5, 5.41) is 5.15. The van der Waals surface area contributed by atoms with Gasteiger partial charge in [-0.3, -0.25) is 4.79 Å². The minimum Gasteiger partial charge on any atom is -0.451 e. The van der Waals surface area contributed by atoms with Gasteiger partial charge in [0, 0.05) is 18.8 Å². The quantitative estimate of drug-likeness (QED) is 0.749. The van der Waals surface area contributed by atoms with Crippen LogP contribution in [0, 0.1) is 0 Å². The fourth-order valence-corrected chi connectivity index (χ4v) is 3.21. The SMILES string of the molecule is C[C@H](OC(=O)[C@@H](C)NC(=O)Nc1ccccc1)C(=O)N(C)C1CCCCC1. The number of likely N-dealkylation sites (N-methyl/N-ethyl adjacent to an activating group) is 1. The summed E-state index contributed by atoms with van der Waals surface area (Å²) in [5.74, 6) is -0.854. The molecule has 0 unspecified atom stereocenters. The number of anilines is 1. The Morgan fingerprint density at radius 2 is 1.70 bits per heavy atom. The normalized spacial score (nSPS) is 16.7. The number of hydrogen-bond acceptors (Lipinski definition) is 4. The van der Waals surface area contributed by atoms with Crippen LogP contribution in [0.15, 0.2) is 30.3 Å². The lowest BCUT2D eigenvalue weighted by Crippen LogP contribution is -2.47. The average Bonchev–Trinajstić information content (AvgIpc) is 2.68. The van der Waals surface area contributed by atoms with Crippen molar-refractivity contribution in [2.45, 2.75) is 64.1 Å². The topological polar surface area (TPSA) is 87.7 Å². The summed E-state index contributed by atoms with van der Waals surface area (Å²) in [6, 6.07) is 7.74. The Bertz CT molecular complexity index is 644. The Morgan fingerprint density at radius 1 is 1.07 bits per heavy atom. The van der Waals surface area contributed by atoms with Gasteiger partial charge in [0.25, 0.3) is 5.91 Å². The minimum atomic E-state index is -0.883. The van der Waals surface area contributed by atoms with Crippen LogP contribution < -0.4 is 10.6 Å². The Kier molecular flexibility index (Phi) is 7.64. The molecule has 0 heterocycles. The minimum absolute atomic E-state index is 0.208. The predicted octanol–water partition coefficient (Wildman–Crippen LogP) is 2.92. The van der Waals surface area contributed by atoms with Gasteiger partial charge in [0.1, 0.15) is 6.04 Å². The molecule has 7 heteroatoms. The van der Waals surface area contributed by atoms with Crippen molar-refractivity contribution in [3.05, 3.63) is 30.3 Å². The van der Waals surface area contributed by atoms with Gasteiger partial charge >= 0.3 is 12.0 Å². The maximum atomic E-state index is 12.5. The van der Waals surface area contributed by atoms with Crippen LogP contribution in [0.5, 0.6) is 0 Å². The van der Waals surface area contributed by atoms with E-state index in [0.29, 0.717) is 5.69 Å². The number of ether oxygens (including phenoxy) is 1. The van der Waals surface area contributed by atoms with Crippen LogP contribution in [0.1, 0.15) is 46.0 Å². The first-order chi connectivity index (χ1) is 12.9. The van der Waals surface area contributed by atoms with Crippen LogP contribution in [-0.4, -0.2) is 48.0 Å². The molecule has 0 radical (unpaired) electrons. The highest BCUT2D eigenvalue weighted by Gasteiger charge is 2.29. The second kappa shape index (κ2) is 9.94. The van der Waals surface area contributed by atoms with E-state index in [-0.39, 0.29) is 11.9 Å². The third kappa shape index (κ3) is 6.27. The number of carbonyl (C=O) groups excluding carboxylic acids is 3. The van der Waals surface area contributed by atoms with E-state index in [0.717, 1.165) is 25.7 Å². The maximum absolute atomic E-state index is 12.5. The van der Waals surface area contributed by atoms with Crippen molar-refractivity contribution in [3.63, 3.8) is 0 Å². The van der Waals surface area contributed by atoms with E-state index >= 15 is 0 Å². The van der Waals surface area contributed by atoms with Crippen LogP contribution >= 0.6 is 0 Å². The molecular formula is C20H29N3O4. The molecule has 0 aliphatic heterocycles. The fraction of sp³-hybridized carbons (Fsp3) is 0.550. The summed E-state index contributed by atoms with van der Waals surface area (Å²) < 4.78 is 5.26. The Morgan fingerprint density at radius 3 is 2.33 bits per heavy atom. The number of nitrogens with one attached hydrogen (secondary N) is 2. The van der Waals surface area contributed by atoms with Crippen LogP contribution in [0.2, 0.25) is 0 Å². The average molecular weight is 375 g/mol. The molecular weight excluding hydrogens is 346 g/mol. The lowest BCUT2D eigenvalue weighted by atomic mass is 9.94. The maximum Gasteiger partial charge on any atom is 0.329 e. The third-order valence-electron chi connectivity index (χ3n) is 4.84. The van der Waals surface area contributed by atoms with Crippen molar-refractivity contribution in [2.75, 3.05) is 12.4 Å². The van der Waals surface area contributed by atoms with E-state index in [1.807, 2.05) is 6.07 Å². The van der Waals surface area contributed by atoms with Crippen LogP contribution in [0.3, 0.4) is 0 Å². The first-order valence-electron chi connectivity index (χ1n) is 9.48. The molecule has 3 amide bonds. The van der Waals surface area contributed by atoms with Crippen LogP contribution in [-0.2, 0) is 14.3 Å². The van der Waals surface area contributed by atoms with Crippen molar-refractivity contribution in [1.82, 2.24) is 10.2 Å². The van der Waals surface area contributed by atoms with Gasteiger partial charge in [0.2, 0.25) is 0 Å². The van der Waals surface area contributed by atoms with Crippen molar-refractivity contribution in [3.8, 4) is 0 Å². The van der Waals surface area contributed by atoms with Crippen LogP contribution in [0.4, 0.5) is 10.5 Å². The van der Waals surface area contributed by atoms with Crippen molar-refractivity contribution in [1.29, 1.82) is 0 Å². The summed E-state index contributed by atoms with van der Waals surface area (Å²) in [7, 11) is 1.76. The van der Waals surface area contributed by atoms with Crippen LogP contribution in [0.25, 0.3) is 0 Å². The Balaban J connectivity index is 1.80. The number of amides is 3. The van der Waals surface area contributed by atoms with Gasteiger partial charge in [0.05, 0.1) is 0 Å². The summed E-state index contributed by atoms with van der Waals surface area (Å²) in [6.07, 6.45) is 4.53. The molecule has 1 aliphatic carbocycles. The number of nitrogens with zero attached hydrogens (tertiary/aromatic N) is 1. The zero-order valence-corrected chi connectivity index (χ0v) is 16.2. The smallest absolute Gasteiger partial charge is 0.329 e. The van der Waals surface area contributed by atoms with E-state index in [1.54, 1.807) is 43.1 Å². The van der Waals surface area contributed by atoms with Crippen molar-refractivity contribution in [2.24, 2.45) is 0 Å². The van der Waals surface area contributed by atoms with Gasteiger partial charge in [-0.1, -0.05) is 37.5 Å². The number of benzene rings is 1. The molecule has 0 bridgehead atoms. The van der Waals surface area contributed by atoms with Gasteiger partial charge < -0.3 is 20.3 Å². The van der Waals surface area contributed by atoms with Gasteiger partial charge in [-0.05, 0) is 38.8 Å². The summed E-state index contributed by atoms with van der Waals surface area (Å²) >= 11 is 0. The monoisotopic (exact) mass is 375 g/mol. The molecule has 2 atom stereocenters. The third-order valence-corrected chi connectivity index (χ3v) is 4.84. The van der Waals surface area contributed by atoms with Gasteiger partial charge in [-0.25, -0.2) is 9.59 Å². The first kappa shape index (κ1) is 20.7. The number of carbonyl (C=O) groups is 3. The predicted molar refractivity (Wildman–Crippen MR) is 103 cm³/mol. The fourth-order valence-electron chi connectivity index (χ4n) is 3.21. The highest BCUT2D eigenvalue weighted by molar-refractivity contribution is 5.93. The van der Waals surface area contributed by atoms with E-state index < -0.39 is 24.1 Å². The summed E-state index contributed by atoms with van der Waals surface area (Å²) in [6.45, 7) is 3.09. The lowest BCUT2D eigenvalue weighted by molar-refractivity contribution is -0.160. The molecule has 7 nitrogen and oxygen atoms in total. The number of rotatable bonds is 6. The zero-order chi connectivity index (χ0) is 19.8. The van der Waals surface area contributed by atoms with E-state index in [4.69, 9.17) is 4.74 Å². The molecule has 1 aromatic rings. The van der Waals surface area contributed by atoms with E-state index in [9.17, 15) is 14.4 Å². The molecule has 27 heavy (non-hydrogen) atoms. The van der Waals surface area contributed by atoms with E-state index in [2.05, 4.69) is 10.6 Å². The van der Waals surface area contributed by atoms with Gasteiger partial charge in [0.15, 0.2) is 6.10 Å². The second-order valence-electron chi connectivity index (χ2n) is 7.01. The van der Waals surface area contributed by atoms with Gasteiger partial charge in [-0.15, -0.1) is 0 Å². The highest BCUT2D eigenvalue weighted by Crippen LogP contribution is 2.22. The highest BCUT2D eigenvalue weighted by atomic mass is 16.5. The molecule has 2 rings (SSSR count). The molecule has 1 saturated carbocycles. The Hall–Kier alpha value is -2.57. The number of esters is 1. The molecule has 2 N–H and O–H groups in total. The van der Waals surface area contributed by atoms with E-state index in [1.165, 1.54) is 13.3 Å². The second-order valence-corrected chi connectivity index (χ2v) is 7.01. The molecule has 0 spiro atoms. The molecule has 1 aliphatic rings. The molecule has 0 aromatic heterocycles. The molecule has 148 valence electrons. The first-order valence-corrected chi connectivity index (χ1v) is 9.48. The van der Waals surface area contributed by atoms with Gasteiger partial charge in [-0.2, -0.15) is 0 Å². The number of para-hydroxylation sites is 1. The van der Waals surface area contributed by atoms with Crippen molar-refractivity contribution >= 4 is 23.6 Å².